The number of urea groups is 1. The van der Waals surface area contributed by atoms with E-state index in [-0.39, 0.29) is 11.8 Å². The Morgan fingerprint density at radius 2 is 1.94 bits per heavy atom. The average molecular weight is 439 g/mol. The number of aromatic nitrogens is 3. The maximum atomic E-state index is 15.2. The van der Waals surface area contributed by atoms with Crippen LogP contribution < -0.4 is 20.9 Å². The van der Waals surface area contributed by atoms with Gasteiger partial charge in [-0.25, -0.2) is 24.1 Å². The number of halogens is 1. The largest absolute Gasteiger partial charge is 0.373 e. The Morgan fingerprint density at radius 1 is 1.12 bits per heavy atom. The van der Waals surface area contributed by atoms with Crippen LogP contribution in [0, 0.1) is 5.82 Å². The van der Waals surface area contributed by atoms with E-state index in [0.29, 0.717) is 47.9 Å². The van der Waals surface area contributed by atoms with Crippen LogP contribution in [0.1, 0.15) is 12.5 Å². The second-order valence-corrected chi connectivity index (χ2v) is 7.56. The maximum absolute atomic E-state index is 15.2. The first-order valence-corrected chi connectivity index (χ1v) is 10.7. The molecule has 0 aliphatic carbocycles. The van der Waals surface area contributed by atoms with Crippen LogP contribution in [0.25, 0.3) is 10.9 Å². The first-order valence-electron chi connectivity index (χ1n) is 10.7. The van der Waals surface area contributed by atoms with Gasteiger partial charge in [0.05, 0.1) is 5.69 Å². The number of benzene rings is 1. The lowest BCUT2D eigenvalue weighted by atomic mass is 10.1. The lowest BCUT2D eigenvalue weighted by Gasteiger charge is -2.36. The Hall–Kier alpha value is -3.53. The van der Waals surface area contributed by atoms with Crippen LogP contribution >= 0.6 is 0 Å². The summed E-state index contributed by atoms with van der Waals surface area (Å²) < 4.78 is 15.2. The zero-order valence-electron chi connectivity index (χ0n) is 18.2. The number of nitrogens with zero attached hydrogens (tertiary/aromatic N) is 5. The van der Waals surface area contributed by atoms with Crippen molar-refractivity contribution in [2.24, 2.45) is 0 Å². The molecule has 2 aromatic heterocycles. The highest BCUT2D eigenvalue weighted by atomic mass is 19.1. The fraction of sp³-hybridized carbons (Fsp3) is 0.364. The molecule has 1 aromatic carbocycles. The highest BCUT2D eigenvalue weighted by Crippen LogP contribution is 2.29. The van der Waals surface area contributed by atoms with Crippen LogP contribution in [0.2, 0.25) is 0 Å². The van der Waals surface area contributed by atoms with Gasteiger partial charge in [-0.05, 0) is 36.8 Å². The minimum Gasteiger partial charge on any atom is -0.373 e. The monoisotopic (exact) mass is 438 g/mol. The van der Waals surface area contributed by atoms with Gasteiger partial charge in [0.2, 0.25) is 0 Å². The van der Waals surface area contributed by atoms with E-state index in [1.165, 1.54) is 6.33 Å². The molecule has 0 unspecified atom stereocenters. The zero-order chi connectivity index (χ0) is 22.5. The summed E-state index contributed by atoms with van der Waals surface area (Å²) in [5.41, 5.74) is 1.96. The number of carbonyl (C=O) groups is 1. The number of amides is 2. The zero-order valence-corrected chi connectivity index (χ0v) is 18.2. The van der Waals surface area contributed by atoms with Gasteiger partial charge in [0.25, 0.3) is 0 Å². The van der Waals surface area contributed by atoms with E-state index < -0.39 is 0 Å². The number of hydrogen-bond donors (Lipinski definition) is 3. The molecule has 32 heavy (non-hydrogen) atoms. The minimum atomic E-state index is -0.315. The number of pyridine rings is 1. The van der Waals surface area contributed by atoms with Crippen molar-refractivity contribution in [2.75, 3.05) is 55.3 Å². The van der Waals surface area contributed by atoms with E-state index in [0.717, 1.165) is 25.2 Å². The van der Waals surface area contributed by atoms with Crippen LogP contribution in [0.3, 0.4) is 0 Å². The molecule has 1 aliphatic heterocycles. The fourth-order valence-corrected chi connectivity index (χ4v) is 3.90. The molecule has 3 aromatic rings. The quantitative estimate of drug-likeness (QED) is 0.544. The van der Waals surface area contributed by atoms with Crippen molar-refractivity contribution >= 4 is 34.3 Å². The number of fused-ring (bicyclic) bond motifs is 1. The molecule has 168 valence electrons. The van der Waals surface area contributed by atoms with Crippen molar-refractivity contribution in [3.05, 3.63) is 48.2 Å². The number of rotatable bonds is 6. The summed E-state index contributed by atoms with van der Waals surface area (Å²) in [6.45, 7) is 6.16. The van der Waals surface area contributed by atoms with Crippen molar-refractivity contribution in [2.45, 2.75) is 13.5 Å². The SMILES string of the molecule is CCNC(=O)Nc1cc(CN2CCN(c3ccc4c(NC)ncnc4c3F)CC2)ccn1. The van der Waals surface area contributed by atoms with Crippen LogP contribution in [-0.4, -0.2) is 65.7 Å². The normalized spacial score (nSPS) is 14.4. The van der Waals surface area contributed by atoms with Crippen molar-refractivity contribution in [3.8, 4) is 0 Å². The van der Waals surface area contributed by atoms with E-state index in [1.54, 1.807) is 19.3 Å². The molecule has 3 N–H and O–H groups in total. The predicted octanol–water partition coefficient (Wildman–Crippen LogP) is 2.67. The molecule has 9 nitrogen and oxygen atoms in total. The van der Waals surface area contributed by atoms with Gasteiger partial charge >= 0.3 is 6.03 Å². The van der Waals surface area contributed by atoms with E-state index in [9.17, 15) is 4.79 Å². The van der Waals surface area contributed by atoms with E-state index in [4.69, 9.17) is 0 Å². The number of hydrogen-bond acceptors (Lipinski definition) is 7. The minimum absolute atomic E-state index is 0.268. The van der Waals surface area contributed by atoms with Gasteiger partial charge in [-0.2, -0.15) is 0 Å². The van der Waals surface area contributed by atoms with Gasteiger partial charge in [-0.15, -0.1) is 0 Å². The lowest BCUT2D eigenvalue weighted by Crippen LogP contribution is -2.46. The molecule has 10 heteroatoms. The number of carbonyl (C=O) groups excluding carboxylic acids is 1. The molecule has 1 aliphatic rings. The Kier molecular flexibility index (Phi) is 6.60. The highest BCUT2D eigenvalue weighted by molar-refractivity contribution is 5.91. The summed E-state index contributed by atoms with van der Waals surface area (Å²) in [7, 11) is 1.76. The molecule has 4 rings (SSSR count). The van der Waals surface area contributed by atoms with Gasteiger partial charge in [-0.1, -0.05) is 0 Å². The van der Waals surface area contributed by atoms with Crippen LogP contribution in [-0.2, 0) is 6.54 Å². The summed E-state index contributed by atoms with van der Waals surface area (Å²) in [4.78, 5) is 28.6. The number of piperazine rings is 1. The smallest absolute Gasteiger partial charge is 0.320 e. The molecular formula is C22H27FN8O. The molecule has 0 spiro atoms. The Bertz CT molecular complexity index is 1100. The van der Waals surface area contributed by atoms with Crippen molar-refractivity contribution in [1.82, 2.24) is 25.2 Å². The Morgan fingerprint density at radius 3 is 2.69 bits per heavy atom. The second-order valence-electron chi connectivity index (χ2n) is 7.56. The number of nitrogens with one attached hydrogen (secondary N) is 3. The molecule has 0 bridgehead atoms. The van der Waals surface area contributed by atoms with Crippen molar-refractivity contribution in [1.29, 1.82) is 0 Å². The molecule has 1 saturated heterocycles. The summed E-state index contributed by atoms with van der Waals surface area (Å²) >= 11 is 0. The summed E-state index contributed by atoms with van der Waals surface area (Å²) in [5, 5.41) is 9.07. The topological polar surface area (TPSA) is 98.3 Å². The Labute approximate surface area is 186 Å². The molecule has 0 saturated carbocycles. The third-order valence-corrected chi connectivity index (χ3v) is 5.48. The Balaban J connectivity index is 1.40. The highest BCUT2D eigenvalue weighted by Gasteiger charge is 2.22. The van der Waals surface area contributed by atoms with Gasteiger partial charge in [-0.3, -0.25) is 10.2 Å². The predicted molar refractivity (Wildman–Crippen MR) is 123 cm³/mol. The summed E-state index contributed by atoms with van der Waals surface area (Å²) in [6.07, 6.45) is 3.07. The first kappa shape index (κ1) is 21.7. The third-order valence-electron chi connectivity index (χ3n) is 5.48. The fourth-order valence-electron chi connectivity index (χ4n) is 3.90. The van der Waals surface area contributed by atoms with E-state index in [1.807, 2.05) is 25.1 Å². The molecule has 3 heterocycles. The van der Waals surface area contributed by atoms with E-state index >= 15 is 4.39 Å². The molecule has 0 radical (unpaired) electrons. The van der Waals surface area contributed by atoms with Crippen LogP contribution in [0.5, 0.6) is 0 Å². The molecule has 0 atom stereocenters. The molecular weight excluding hydrogens is 411 g/mol. The lowest BCUT2D eigenvalue weighted by molar-refractivity contribution is 0.249. The average Bonchev–Trinajstić information content (AvgIpc) is 2.80. The van der Waals surface area contributed by atoms with Crippen LogP contribution in [0.15, 0.2) is 36.8 Å². The van der Waals surface area contributed by atoms with Gasteiger partial charge < -0.3 is 15.5 Å². The second kappa shape index (κ2) is 9.73. The standard InChI is InChI=1S/C22H27FN8O/c1-3-25-22(32)29-18-12-15(6-7-26-18)13-30-8-10-31(11-9-30)17-5-4-16-20(19(17)23)27-14-28-21(16)24-2/h4-7,12,14H,3,8-11,13H2,1-2H3,(H,24,27,28)(H2,25,26,29,32). The summed E-state index contributed by atoms with van der Waals surface area (Å²) in [6, 6.07) is 7.22. The van der Waals surface area contributed by atoms with Crippen LogP contribution in [0.4, 0.5) is 26.5 Å². The molecule has 2 amide bonds. The van der Waals surface area contributed by atoms with Gasteiger partial charge in [0.1, 0.15) is 23.5 Å². The first-order chi connectivity index (χ1) is 15.6. The van der Waals surface area contributed by atoms with E-state index in [2.05, 4.69) is 40.7 Å². The summed E-state index contributed by atoms with van der Waals surface area (Å²) in [5.74, 6) is 0.821. The van der Waals surface area contributed by atoms with Crippen molar-refractivity contribution in [3.63, 3.8) is 0 Å². The van der Waals surface area contributed by atoms with Gasteiger partial charge in [0, 0.05) is 57.9 Å². The maximum Gasteiger partial charge on any atom is 0.320 e. The number of anilines is 3. The van der Waals surface area contributed by atoms with Crippen molar-refractivity contribution < 1.29 is 9.18 Å². The van der Waals surface area contributed by atoms with Gasteiger partial charge in [0.15, 0.2) is 5.82 Å². The third kappa shape index (κ3) is 4.70. The molecule has 1 fully saturated rings.